The molecule has 6 nitrogen and oxygen atoms in total. The Kier molecular flexibility index (Phi) is 4.83. The number of para-hydroxylation sites is 2. The van der Waals surface area contributed by atoms with Crippen LogP contribution in [0.15, 0.2) is 35.4 Å². The number of imidazole rings is 1. The van der Waals surface area contributed by atoms with Crippen molar-refractivity contribution in [1.29, 1.82) is 0 Å². The van der Waals surface area contributed by atoms with Gasteiger partial charge in [0.2, 0.25) is 5.95 Å². The summed E-state index contributed by atoms with van der Waals surface area (Å²) in [5.74, 6) is 0.687. The predicted octanol–water partition coefficient (Wildman–Crippen LogP) is 4.21. The number of aromatic nitrogens is 4. The Morgan fingerprint density at radius 3 is 2.93 bits per heavy atom. The molecule has 3 heterocycles. The van der Waals surface area contributed by atoms with Crippen LogP contribution in [0.25, 0.3) is 21.3 Å². The number of rotatable bonds is 6. The monoisotopic (exact) mass is 407 g/mol. The summed E-state index contributed by atoms with van der Waals surface area (Å²) in [7, 11) is 0. The van der Waals surface area contributed by atoms with Crippen LogP contribution in [0.3, 0.4) is 0 Å². The molecule has 4 aromatic rings. The van der Waals surface area contributed by atoms with Gasteiger partial charge in [-0.2, -0.15) is 0 Å². The lowest BCUT2D eigenvalue weighted by Gasteiger charge is -2.14. The van der Waals surface area contributed by atoms with E-state index < -0.39 is 0 Å². The molecule has 0 atom stereocenters. The summed E-state index contributed by atoms with van der Waals surface area (Å²) in [6.07, 6.45) is 7.26. The Bertz CT molecular complexity index is 1240. The summed E-state index contributed by atoms with van der Waals surface area (Å²) in [6, 6.07) is 8.13. The van der Waals surface area contributed by atoms with Crippen LogP contribution in [-0.4, -0.2) is 25.6 Å². The molecule has 0 amide bonds. The smallest absolute Gasteiger partial charge is 0.263 e. The lowest BCUT2D eigenvalue weighted by molar-refractivity contribution is 0.645. The molecule has 5 rings (SSSR count). The van der Waals surface area contributed by atoms with Gasteiger partial charge in [-0.1, -0.05) is 19.1 Å². The van der Waals surface area contributed by atoms with Gasteiger partial charge in [0.1, 0.15) is 4.83 Å². The first-order chi connectivity index (χ1) is 14.3. The van der Waals surface area contributed by atoms with Gasteiger partial charge in [-0.15, -0.1) is 11.3 Å². The quantitative estimate of drug-likeness (QED) is 0.520. The van der Waals surface area contributed by atoms with E-state index in [9.17, 15) is 4.79 Å². The maximum Gasteiger partial charge on any atom is 0.263 e. The molecule has 3 aromatic heterocycles. The first-order valence-corrected chi connectivity index (χ1v) is 11.3. The van der Waals surface area contributed by atoms with Gasteiger partial charge in [0.15, 0.2) is 0 Å². The van der Waals surface area contributed by atoms with Crippen LogP contribution < -0.4 is 10.9 Å². The predicted molar refractivity (Wildman–Crippen MR) is 119 cm³/mol. The zero-order chi connectivity index (χ0) is 19.8. The van der Waals surface area contributed by atoms with Crippen molar-refractivity contribution < 1.29 is 0 Å². The summed E-state index contributed by atoms with van der Waals surface area (Å²) in [6.45, 7) is 4.23. The van der Waals surface area contributed by atoms with Crippen molar-refractivity contribution >= 4 is 38.5 Å². The molecule has 29 heavy (non-hydrogen) atoms. The fourth-order valence-electron chi connectivity index (χ4n) is 4.28. The van der Waals surface area contributed by atoms with E-state index in [2.05, 4.69) is 27.9 Å². The third-order valence-electron chi connectivity index (χ3n) is 5.69. The highest BCUT2D eigenvalue weighted by molar-refractivity contribution is 7.18. The molecule has 150 valence electrons. The number of nitrogens with zero attached hydrogens (tertiary/aromatic N) is 4. The van der Waals surface area contributed by atoms with Crippen LogP contribution in [0.1, 0.15) is 36.6 Å². The number of thiophene rings is 1. The summed E-state index contributed by atoms with van der Waals surface area (Å²) < 4.78 is 3.96. The molecule has 1 aliphatic rings. The van der Waals surface area contributed by atoms with Crippen LogP contribution in [0.2, 0.25) is 0 Å². The second-order valence-electron chi connectivity index (χ2n) is 7.64. The van der Waals surface area contributed by atoms with Crippen LogP contribution >= 0.6 is 11.3 Å². The van der Waals surface area contributed by atoms with E-state index in [1.807, 2.05) is 29.1 Å². The van der Waals surface area contributed by atoms with Gasteiger partial charge >= 0.3 is 0 Å². The van der Waals surface area contributed by atoms with Crippen LogP contribution in [-0.2, 0) is 25.9 Å². The number of benzene rings is 1. The molecule has 0 radical (unpaired) electrons. The van der Waals surface area contributed by atoms with Crippen LogP contribution in [0.4, 0.5) is 5.95 Å². The Morgan fingerprint density at radius 2 is 2.03 bits per heavy atom. The Labute approximate surface area is 173 Å². The van der Waals surface area contributed by atoms with Gasteiger partial charge < -0.3 is 9.88 Å². The lowest BCUT2D eigenvalue weighted by atomic mass is 9.97. The fraction of sp³-hybridized carbons (Fsp3) is 0.409. The molecule has 0 bridgehead atoms. The normalized spacial score (nSPS) is 13.8. The van der Waals surface area contributed by atoms with Crippen molar-refractivity contribution in [3.63, 3.8) is 0 Å². The number of hydrogen-bond donors (Lipinski definition) is 1. The van der Waals surface area contributed by atoms with Crippen LogP contribution in [0, 0.1) is 0 Å². The van der Waals surface area contributed by atoms with E-state index in [0.29, 0.717) is 19.0 Å². The highest BCUT2D eigenvalue weighted by Gasteiger charge is 2.21. The van der Waals surface area contributed by atoms with Crippen molar-refractivity contribution in [2.75, 3.05) is 11.9 Å². The van der Waals surface area contributed by atoms with E-state index in [1.54, 1.807) is 11.3 Å². The topological polar surface area (TPSA) is 64.7 Å². The van der Waals surface area contributed by atoms with Crippen molar-refractivity contribution in [3.8, 4) is 0 Å². The molecule has 1 aromatic carbocycles. The first kappa shape index (κ1) is 18.4. The summed E-state index contributed by atoms with van der Waals surface area (Å²) in [5, 5.41) is 4.29. The largest absolute Gasteiger partial charge is 0.354 e. The van der Waals surface area contributed by atoms with Gasteiger partial charge in [0.05, 0.1) is 22.7 Å². The molecule has 1 aliphatic carbocycles. The first-order valence-electron chi connectivity index (χ1n) is 10.4. The Balaban J connectivity index is 1.45. The second-order valence-corrected chi connectivity index (χ2v) is 8.72. The number of fused-ring (bicyclic) bond motifs is 4. The molecule has 0 fully saturated rings. The second kappa shape index (κ2) is 7.63. The van der Waals surface area contributed by atoms with Crippen molar-refractivity contribution in [3.05, 3.63) is 51.4 Å². The number of aryl methyl sites for hydroxylation is 2. The summed E-state index contributed by atoms with van der Waals surface area (Å²) in [4.78, 5) is 24.9. The zero-order valence-electron chi connectivity index (χ0n) is 16.6. The number of hydrogen-bond acceptors (Lipinski definition) is 5. The van der Waals surface area contributed by atoms with Crippen molar-refractivity contribution in [2.24, 2.45) is 0 Å². The molecule has 7 heteroatoms. The third-order valence-corrected chi connectivity index (χ3v) is 6.87. The highest BCUT2D eigenvalue weighted by atomic mass is 32.1. The third kappa shape index (κ3) is 3.23. The average Bonchev–Trinajstić information content (AvgIpc) is 3.32. The summed E-state index contributed by atoms with van der Waals surface area (Å²) in [5.41, 5.74) is 3.50. The van der Waals surface area contributed by atoms with Crippen LogP contribution in [0.5, 0.6) is 0 Å². The maximum atomic E-state index is 13.3. The van der Waals surface area contributed by atoms with Gasteiger partial charge in [-0.05, 0) is 49.8 Å². The lowest BCUT2D eigenvalue weighted by Crippen LogP contribution is -2.26. The van der Waals surface area contributed by atoms with E-state index >= 15 is 0 Å². The van der Waals surface area contributed by atoms with Gasteiger partial charge in [-0.3, -0.25) is 9.36 Å². The zero-order valence-corrected chi connectivity index (χ0v) is 17.5. The van der Waals surface area contributed by atoms with E-state index in [4.69, 9.17) is 4.98 Å². The minimum absolute atomic E-state index is 0.117. The standard InChI is InChI=1S/C22H25N5OS/c1-2-12-27-21(28)19-15-7-3-6-10-18(15)29-20(19)25-22(27)23-11-13-26-14-24-16-8-4-5-9-17(16)26/h4-5,8-9,14H,2-3,6-7,10-13H2,1H3,(H,23,25). The molecule has 0 spiro atoms. The van der Waals surface area contributed by atoms with Gasteiger partial charge in [-0.25, -0.2) is 9.97 Å². The minimum atomic E-state index is 0.117. The van der Waals surface area contributed by atoms with Gasteiger partial charge in [0, 0.05) is 24.5 Å². The molecule has 0 unspecified atom stereocenters. The van der Waals surface area contributed by atoms with Crippen molar-refractivity contribution in [2.45, 2.75) is 52.1 Å². The minimum Gasteiger partial charge on any atom is -0.354 e. The van der Waals surface area contributed by atoms with Gasteiger partial charge in [0.25, 0.3) is 5.56 Å². The fourth-order valence-corrected chi connectivity index (χ4v) is 5.53. The highest BCUT2D eigenvalue weighted by Crippen LogP contribution is 2.34. The molecule has 1 N–H and O–H groups in total. The molecule has 0 saturated heterocycles. The molecule has 0 aliphatic heterocycles. The Morgan fingerprint density at radius 1 is 1.17 bits per heavy atom. The average molecular weight is 408 g/mol. The van der Waals surface area contributed by atoms with E-state index in [0.717, 1.165) is 47.1 Å². The molecule has 0 saturated carbocycles. The Hall–Kier alpha value is -2.67. The molecular weight excluding hydrogens is 382 g/mol. The molecular formula is C22H25N5OS. The summed E-state index contributed by atoms with van der Waals surface area (Å²) >= 11 is 1.71. The SMILES string of the molecule is CCCn1c(NCCn2cnc3ccccc32)nc2sc3c(c2c1=O)CCCC3. The maximum absolute atomic E-state index is 13.3. The number of nitrogens with one attached hydrogen (secondary N) is 1. The van der Waals surface area contributed by atoms with E-state index in [1.165, 1.54) is 23.3 Å². The van der Waals surface area contributed by atoms with Crippen molar-refractivity contribution in [1.82, 2.24) is 19.1 Å². The van der Waals surface area contributed by atoms with E-state index in [-0.39, 0.29) is 5.56 Å². The number of anilines is 1.